The van der Waals surface area contributed by atoms with Gasteiger partial charge in [-0.05, 0) is 0 Å². The monoisotopic (exact) mass is 275 g/mol. The highest BCUT2D eigenvalue weighted by Crippen LogP contribution is 2.38. The first kappa shape index (κ1) is 12.3. The number of aliphatic carboxylic acids is 1. The SMILES string of the molecule is O=C(O)CCc1csc(C2CSCCS2)n1. The predicted molar refractivity (Wildman–Crippen MR) is 70.6 cm³/mol. The van der Waals surface area contributed by atoms with Crippen molar-refractivity contribution in [2.75, 3.05) is 17.3 Å². The highest BCUT2D eigenvalue weighted by atomic mass is 32.2. The van der Waals surface area contributed by atoms with Crippen LogP contribution in [0.25, 0.3) is 0 Å². The van der Waals surface area contributed by atoms with Crippen molar-refractivity contribution in [3.8, 4) is 0 Å². The maximum Gasteiger partial charge on any atom is 0.303 e. The average molecular weight is 275 g/mol. The van der Waals surface area contributed by atoms with Gasteiger partial charge in [0, 0.05) is 29.1 Å². The van der Waals surface area contributed by atoms with Crippen LogP contribution in [0.15, 0.2) is 5.38 Å². The van der Waals surface area contributed by atoms with E-state index in [1.807, 2.05) is 28.9 Å². The number of nitrogens with zero attached hydrogens (tertiary/aromatic N) is 1. The fourth-order valence-electron chi connectivity index (χ4n) is 1.45. The Morgan fingerprint density at radius 1 is 1.56 bits per heavy atom. The summed E-state index contributed by atoms with van der Waals surface area (Å²) >= 11 is 5.61. The van der Waals surface area contributed by atoms with E-state index in [4.69, 9.17) is 5.11 Å². The molecule has 1 saturated heterocycles. The number of hydrogen-bond acceptors (Lipinski definition) is 5. The van der Waals surface area contributed by atoms with E-state index in [1.54, 1.807) is 11.3 Å². The minimum Gasteiger partial charge on any atom is -0.481 e. The number of aromatic nitrogens is 1. The zero-order valence-corrected chi connectivity index (χ0v) is 11.2. The molecule has 88 valence electrons. The molecule has 6 heteroatoms. The van der Waals surface area contributed by atoms with E-state index in [0.717, 1.165) is 16.5 Å². The van der Waals surface area contributed by atoms with Gasteiger partial charge in [-0.2, -0.15) is 11.8 Å². The Balaban J connectivity index is 1.93. The minimum absolute atomic E-state index is 0.176. The van der Waals surface area contributed by atoms with E-state index in [1.165, 1.54) is 11.5 Å². The molecular weight excluding hydrogens is 262 g/mol. The number of aryl methyl sites for hydroxylation is 1. The summed E-state index contributed by atoms with van der Waals surface area (Å²) in [6.45, 7) is 0. The summed E-state index contributed by atoms with van der Waals surface area (Å²) in [5.41, 5.74) is 0.929. The molecule has 0 radical (unpaired) electrons. The zero-order valence-electron chi connectivity index (χ0n) is 8.72. The first-order valence-corrected chi connectivity index (χ1v) is 8.19. The number of hydrogen-bond donors (Lipinski definition) is 1. The van der Waals surface area contributed by atoms with E-state index in [9.17, 15) is 4.79 Å². The van der Waals surface area contributed by atoms with Gasteiger partial charge in [-0.1, -0.05) is 0 Å². The number of carbonyl (C=O) groups is 1. The maximum atomic E-state index is 10.4. The van der Waals surface area contributed by atoms with Crippen LogP contribution in [0.1, 0.15) is 22.4 Å². The molecular formula is C10H13NO2S3. The molecule has 2 heterocycles. The van der Waals surface area contributed by atoms with Gasteiger partial charge in [-0.15, -0.1) is 23.1 Å². The summed E-state index contributed by atoms with van der Waals surface area (Å²) in [6, 6.07) is 0. The molecule has 1 aromatic heterocycles. The summed E-state index contributed by atoms with van der Waals surface area (Å²) in [4.78, 5) is 15.0. The molecule has 0 spiro atoms. The molecule has 2 rings (SSSR count). The van der Waals surface area contributed by atoms with Crippen molar-refractivity contribution in [1.29, 1.82) is 0 Å². The van der Waals surface area contributed by atoms with Crippen molar-refractivity contribution < 1.29 is 9.90 Å². The first-order chi connectivity index (χ1) is 7.75. The van der Waals surface area contributed by atoms with Gasteiger partial charge in [0.15, 0.2) is 0 Å². The molecule has 1 atom stereocenters. The second kappa shape index (κ2) is 5.93. The lowest BCUT2D eigenvalue weighted by Crippen LogP contribution is -2.06. The fourth-order valence-corrected chi connectivity index (χ4v) is 5.31. The van der Waals surface area contributed by atoms with Crippen LogP contribution in [0.3, 0.4) is 0 Å². The second-order valence-electron chi connectivity index (χ2n) is 3.51. The van der Waals surface area contributed by atoms with Gasteiger partial charge in [-0.25, -0.2) is 4.98 Å². The van der Waals surface area contributed by atoms with Crippen LogP contribution < -0.4 is 0 Å². The lowest BCUT2D eigenvalue weighted by atomic mass is 10.2. The predicted octanol–water partition coefficient (Wildman–Crippen LogP) is 2.68. The summed E-state index contributed by atoms with van der Waals surface area (Å²) in [7, 11) is 0. The Bertz CT molecular complexity index is 361. The highest BCUT2D eigenvalue weighted by Gasteiger charge is 2.19. The second-order valence-corrected chi connectivity index (χ2v) is 6.86. The highest BCUT2D eigenvalue weighted by molar-refractivity contribution is 8.06. The van der Waals surface area contributed by atoms with Crippen molar-refractivity contribution in [1.82, 2.24) is 4.98 Å². The molecule has 1 aliphatic heterocycles. The van der Waals surface area contributed by atoms with Crippen molar-refractivity contribution in [3.63, 3.8) is 0 Å². The molecule has 0 bridgehead atoms. The smallest absolute Gasteiger partial charge is 0.303 e. The Morgan fingerprint density at radius 3 is 3.12 bits per heavy atom. The Kier molecular flexibility index (Phi) is 4.55. The van der Waals surface area contributed by atoms with Gasteiger partial charge < -0.3 is 5.11 Å². The van der Waals surface area contributed by atoms with E-state index < -0.39 is 5.97 Å². The Hall–Kier alpha value is -0.200. The van der Waals surface area contributed by atoms with Crippen LogP contribution in [-0.4, -0.2) is 33.3 Å². The van der Waals surface area contributed by atoms with E-state index in [2.05, 4.69) is 4.98 Å². The van der Waals surface area contributed by atoms with Gasteiger partial charge in [-0.3, -0.25) is 4.79 Å². The van der Waals surface area contributed by atoms with Gasteiger partial charge >= 0.3 is 5.97 Å². The molecule has 1 aromatic rings. The molecule has 0 amide bonds. The summed E-state index contributed by atoms with van der Waals surface area (Å²) in [6.07, 6.45) is 0.728. The van der Waals surface area contributed by atoms with Crippen molar-refractivity contribution in [3.05, 3.63) is 16.1 Å². The van der Waals surface area contributed by atoms with Gasteiger partial charge in [0.2, 0.25) is 0 Å². The van der Waals surface area contributed by atoms with Crippen LogP contribution in [0.5, 0.6) is 0 Å². The topological polar surface area (TPSA) is 50.2 Å². The van der Waals surface area contributed by atoms with Crippen LogP contribution in [0.4, 0.5) is 0 Å². The molecule has 1 fully saturated rings. The third-order valence-electron chi connectivity index (χ3n) is 2.26. The van der Waals surface area contributed by atoms with Gasteiger partial charge in [0.05, 0.1) is 17.4 Å². The number of rotatable bonds is 4. The standard InChI is InChI=1S/C10H13NO2S3/c12-9(13)2-1-7-5-16-10(11-7)8-6-14-3-4-15-8/h5,8H,1-4,6H2,(H,12,13). The molecule has 16 heavy (non-hydrogen) atoms. The van der Waals surface area contributed by atoms with Crippen molar-refractivity contribution in [2.24, 2.45) is 0 Å². The first-order valence-electron chi connectivity index (χ1n) is 5.11. The summed E-state index contributed by atoms with van der Waals surface area (Å²) in [5.74, 6) is 2.81. The minimum atomic E-state index is -0.753. The molecule has 1 aliphatic rings. The van der Waals surface area contributed by atoms with E-state index in [-0.39, 0.29) is 6.42 Å². The normalized spacial score (nSPS) is 20.9. The molecule has 3 nitrogen and oxygen atoms in total. The van der Waals surface area contributed by atoms with Crippen LogP contribution in [-0.2, 0) is 11.2 Å². The Morgan fingerprint density at radius 2 is 2.44 bits per heavy atom. The lowest BCUT2D eigenvalue weighted by Gasteiger charge is -2.18. The molecule has 0 aromatic carbocycles. The summed E-state index contributed by atoms with van der Waals surface area (Å²) < 4.78 is 0. The molecule has 0 aliphatic carbocycles. The fraction of sp³-hybridized carbons (Fsp3) is 0.600. The van der Waals surface area contributed by atoms with Crippen LogP contribution in [0, 0.1) is 0 Å². The molecule has 1 unspecified atom stereocenters. The number of carboxylic acid groups (broad SMARTS) is 1. The van der Waals surface area contributed by atoms with Gasteiger partial charge in [0.1, 0.15) is 5.01 Å². The lowest BCUT2D eigenvalue weighted by molar-refractivity contribution is -0.136. The third-order valence-corrected chi connectivity index (χ3v) is 6.18. The molecule has 0 saturated carbocycles. The third kappa shape index (κ3) is 3.40. The van der Waals surface area contributed by atoms with E-state index in [0.29, 0.717) is 11.7 Å². The molecule has 1 N–H and O–H groups in total. The largest absolute Gasteiger partial charge is 0.481 e. The van der Waals surface area contributed by atoms with Crippen molar-refractivity contribution in [2.45, 2.75) is 18.1 Å². The number of carboxylic acids is 1. The maximum absolute atomic E-state index is 10.4. The Labute approximate surface area is 107 Å². The quantitative estimate of drug-likeness (QED) is 0.915. The van der Waals surface area contributed by atoms with Crippen LogP contribution >= 0.6 is 34.9 Å². The van der Waals surface area contributed by atoms with E-state index >= 15 is 0 Å². The average Bonchev–Trinajstić information content (AvgIpc) is 2.76. The zero-order chi connectivity index (χ0) is 11.4. The van der Waals surface area contributed by atoms with Crippen molar-refractivity contribution >= 4 is 40.8 Å². The summed E-state index contributed by atoms with van der Waals surface area (Å²) in [5, 5.41) is 12.3. The number of thiazole rings is 1. The van der Waals surface area contributed by atoms with Crippen LogP contribution in [0.2, 0.25) is 0 Å². The van der Waals surface area contributed by atoms with Gasteiger partial charge in [0.25, 0.3) is 0 Å². The number of thioether (sulfide) groups is 2.